The van der Waals surface area contributed by atoms with E-state index >= 15 is 0 Å². The van der Waals surface area contributed by atoms with Crippen LogP contribution in [0.1, 0.15) is 32.1 Å². The monoisotopic (exact) mass is 323 g/mol. The summed E-state index contributed by atoms with van der Waals surface area (Å²) in [4.78, 5) is 0. The topological polar surface area (TPSA) is 55.4 Å². The first-order valence-corrected chi connectivity index (χ1v) is 8.13. The van der Waals surface area contributed by atoms with Gasteiger partial charge in [-0.25, -0.2) is 0 Å². The molecule has 0 amide bonds. The molecular weight excluding hydrogens is 307 g/mol. The van der Waals surface area contributed by atoms with Crippen molar-refractivity contribution in [3.05, 3.63) is 24.3 Å². The number of anilines is 1. The third-order valence-corrected chi connectivity index (χ3v) is 4.38. The average Bonchev–Trinajstić information content (AvgIpc) is 2.40. The van der Waals surface area contributed by atoms with Crippen LogP contribution in [0.2, 0.25) is 0 Å². The van der Waals surface area contributed by atoms with E-state index in [1.165, 1.54) is 22.9 Å². The second-order valence-electron chi connectivity index (χ2n) is 4.93. The number of sulfonamides is 1. The lowest BCUT2D eigenvalue weighted by molar-refractivity contribution is -0.0429. The Labute approximate surface area is 121 Å². The molecule has 0 spiro atoms. The van der Waals surface area contributed by atoms with Crippen LogP contribution >= 0.6 is 0 Å². The zero-order valence-corrected chi connectivity index (χ0v) is 12.0. The van der Waals surface area contributed by atoms with Crippen molar-refractivity contribution in [1.29, 1.82) is 0 Å². The summed E-state index contributed by atoms with van der Waals surface area (Å²) < 4.78 is 66.8. The van der Waals surface area contributed by atoms with Crippen LogP contribution in [0.4, 0.5) is 18.9 Å². The Kier molecular flexibility index (Phi) is 4.65. The van der Waals surface area contributed by atoms with Crippen LogP contribution in [0.25, 0.3) is 0 Å². The Morgan fingerprint density at radius 3 is 2.33 bits per heavy atom. The summed E-state index contributed by atoms with van der Waals surface area (Å²) in [5.74, 6) is 0.122. The molecule has 118 valence electrons. The largest absolute Gasteiger partial charge is 0.516 e. The third kappa shape index (κ3) is 4.03. The second-order valence-corrected chi connectivity index (χ2v) is 6.60. The number of halogens is 3. The second kappa shape index (κ2) is 6.13. The van der Waals surface area contributed by atoms with Crippen molar-refractivity contribution in [3.8, 4) is 5.75 Å². The molecule has 0 aromatic heterocycles. The van der Waals surface area contributed by atoms with Crippen LogP contribution in [0.3, 0.4) is 0 Å². The fourth-order valence-corrected chi connectivity index (χ4v) is 2.79. The van der Waals surface area contributed by atoms with Gasteiger partial charge >= 0.3 is 15.5 Å². The number of hydrogen-bond donors (Lipinski definition) is 1. The number of alkyl halides is 3. The van der Waals surface area contributed by atoms with Crippen LogP contribution in [-0.2, 0) is 10.0 Å². The zero-order chi connectivity index (χ0) is 15.5. The van der Waals surface area contributed by atoms with E-state index < -0.39 is 15.5 Å². The predicted molar refractivity (Wildman–Crippen MR) is 72.5 cm³/mol. The Morgan fingerprint density at radius 2 is 1.71 bits per heavy atom. The van der Waals surface area contributed by atoms with Gasteiger partial charge in [0.2, 0.25) is 0 Å². The van der Waals surface area contributed by atoms with Gasteiger partial charge in [-0.05, 0) is 37.8 Å². The molecule has 1 aliphatic carbocycles. The summed E-state index contributed by atoms with van der Waals surface area (Å²) in [6, 6.07) is 5.75. The van der Waals surface area contributed by atoms with E-state index in [0.29, 0.717) is 0 Å². The quantitative estimate of drug-likeness (QED) is 0.920. The first-order valence-electron chi connectivity index (χ1n) is 6.64. The number of benzene rings is 1. The minimum atomic E-state index is -5.44. The molecule has 1 fully saturated rings. The lowest BCUT2D eigenvalue weighted by Crippen LogP contribution is -2.30. The molecule has 1 N–H and O–H groups in total. The lowest BCUT2D eigenvalue weighted by Gasteiger charge is -2.24. The first kappa shape index (κ1) is 15.9. The fraction of sp³-hybridized carbons (Fsp3) is 0.538. The molecule has 8 heteroatoms. The normalized spacial score (nSPS) is 17.5. The number of rotatable bonds is 4. The molecule has 0 atom stereocenters. The molecule has 0 saturated heterocycles. The maximum absolute atomic E-state index is 12.4. The van der Waals surface area contributed by atoms with Gasteiger partial charge in [0.05, 0.1) is 11.8 Å². The summed E-state index contributed by atoms with van der Waals surface area (Å²) in [6.07, 6.45) is 4.67. The molecule has 0 unspecified atom stereocenters. The van der Waals surface area contributed by atoms with Gasteiger partial charge in [0.1, 0.15) is 5.75 Å². The summed E-state index contributed by atoms with van der Waals surface area (Å²) in [6.45, 7) is 0. The Balaban J connectivity index is 2.17. The van der Waals surface area contributed by atoms with E-state index in [-0.39, 0.29) is 17.5 Å². The van der Waals surface area contributed by atoms with Crippen molar-refractivity contribution in [2.45, 2.75) is 43.7 Å². The van der Waals surface area contributed by atoms with Crippen LogP contribution < -0.4 is 9.46 Å². The van der Waals surface area contributed by atoms with Crippen molar-refractivity contribution in [2.24, 2.45) is 0 Å². The lowest BCUT2D eigenvalue weighted by atomic mass is 9.98. The van der Waals surface area contributed by atoms with Crippen molar-refractivity contribution < 1.29 is 26.3 Å². The van der Waals surface area contributed by atoms with Gasteiger partial charge in [-0.1, -0.05) is 18.6 Å². The molecule has 1 aromatic rings. The molecule has 21 heavy (non-hydrogen) atoms. The smallest absolute Gasteiger partial charge is 0.488 e. The van der Waals surface area contributed by atoms with Crippen LogP contribution in [0, 0.1) is 0 Å². The molecule has 1 saturated carbocycles. The molecule has 0 radical (unpaired) electrons. The minimum absolute atomic E-state index is 0.0877. The van der Waals surface area contributed by atoms with E-state index in [9.17, 15) is 21.6 Å². The van der Waals surface area contributed by atoms with Crippen LogP contribution in [0.5, 0.6) is 5.75 Å². The predicted octanol–water partition coefficient (Wildman–Crippen LogP) is 3.66. The molecule has 0 bridgehead atoms. The van der Waals surface area contributed by atoms with Crippen LogP contribution in [-0.4, -0.2) is 20.0 Å². The van der Waals surface area contributed by atoms with Crippen molar-refractivity contribution in [1.82, 2.24) is 0 Å². The SMILES string of the molecule is O=S(=O)(Nc1ccccc1OC1CCCCC1)C(F)(F)F. The molecule has 0 heterocycles. The molecule has 1 aliphatic rings. The number of nitrogens with one attached hydrogen (secondary N) is 1. The van der Waals surface area contributed by atoms with Gasteiger partial charge in [-0.15, -0.1) is 0 Å². The molecular formula is C13H16F3NO3S. The Hall–Kier alpha value is -1.44. The Morgan fingerprint density at radius 1 is 1.10 bits per heavy atom. The highest BCUT2D eigenvalue weighted by Crippen LogP contribution is 2.32. The molecule has 0 aliphatic heterocycles. The van der Waals surface area contributed by atoms with Gasteiger partial charge < -0.3 is 4.74 Å². The fourth-order valence-electron chi connectivity index (χ4n) is 2.22. The van der Waals surface area contributed by atoms with Gasteiger partial charge in [-0.3, -0.25) is 4.72 Å². The average molecular weight is 323 g/mol. The highest BCUT2D eigenvalue weighted by molar-refractivity contribution is 7.93. The van der Waals surface area contributed by atoms with Gasteiger partial charge in [0.25, 0.3) is 0 Å². The maximum atomic E-state index is 12.4. The van der Waals surface area contributed by atoms with Crippen molar-refractivity contribution >= 4 is 15.7 Å². The molecule has 1 aromatic carbocycles. The van der Waals surface area contributed by atoms with Crippen molar-refractivity contribution in [2.75, 3.05) is 4.72 Å². The first-order chi connectivity index (χ1) is 9.79. The maximum Gasteiger partial charge on any atom is 0.516 e. The summed E-state index contributed by atoms with van der Waals surface area (Å²) in [5, 5.41) is 0. The number of hydrogen-bond acceptors (Lipinski definition) is 3. The third-order valence-electron chi connectivity index (χ3n) is 3.28. The standard InChI is InChI=1S/C13H16F3NO3S/c14-13(15,16)21(18,19)17-11-8-4-5-9-12(11)20-10-6-2-1-3-7-10/h4-5,8-10,17H,1-3,6-7H2. The van der Waals surface area contributed by atoms with Gasteiger partial charge in [0, 0.05) is 0 Å². The summed E-state index contributed by atoms with van der Waals surface area (Å²) >= 11 is 0. The van der Waals surface area contributed by atoms with E-state index in [1.807, 2.05) is 0 Å². The molecule has 2 rings (SSSR count). The minimum Gasteiger partial charge on any atom is -0.488 e. The summed E-state index contributed by atoms with van der Waals surface area (Å²) in [7, 11) is -5.44. The van der Waals surface area contributed by atoms with E-state index in [4.69, 9.17) is 4.74 Å². The number of ether oxygens (including phenoxy) is 1. The van der Waals surface area contributed by atoms with Gasteiger partial charge in [-0.2, -0.15) is 21.6 Å². The highest BCUT2D eigenvalue weighted by Gasteiger charge is 2.46. The van der Waals surface area contributed by atoms with E-state index in [2.05, 4.69) is 0 Å². The molecule has 4 nitrogen and oxygen atoms in total. The van der Waals surface area contributed by atoms with E-state index in [1.54, 1.807) is 6.07 Å². The Bertz CT molecular complexity index is 581. The van der Waals surface area contributed by atoms with Crippen molar-refractivity contribution in [3.63, 3.8) is 0 Å². The highest BCUT2D eigenvalue weighted by atomic mass is 32.2. The van der Waals surface area contributed by atoms with E-state index in [0.717, 1.165) is 32.1 Å². The zero-order valence-electron chi connectivity index (χ0n) is 11.2. The summed E-state index contributed by atoms with van der Waals surface area (Å²) in [5.41, 5.74) is -5.55. The van der Waals surface area contributed by atoms with Gasteiger partial charge in [0.15, 0.2) is 0 Å². The number of para-hydroxylation sites is 2. The van der Waals surface area contributed by atoms with Crippen LogP contribution in [0.15, 0.2) is 24.3 Å².